The van der Waals surface area contributed by atoms with Crippen LogP contribution in [-0.2, 0) is 14.3 Å². The van der Waals surface area contributed by atoms with E-state index in [4.69, 9.17) is 9.47 Å². The van der Waals surface area contributed by atoms with Gasteiger partial charge >= 0.3 is 6.09 Å². The van der Waals surface area contributed by atoms with Gasteiger partial charge in [-0.3, -0.25) is 9.69 Å². The van der Waals surface area contributed by atoms with Crippen molar-refractivity contribution in [2.45, 2.75) is 38.6 Å². The smallest absolute Gasteiger partial charge is 0.409 e. The first-order valence-electron chi connectivity index (χ1n) is 11.1. The predicted molar refractivity (Wildman–Crippen MR) is 103 cm³/mol. The molecule has 1 spiro atoms. The summed E-state index contributed by atoms with van der Waals surface area (Å²) in [5.74, 6) is 1.81. The van der Waals surface area contributed by atoms with Crippen LogP contribution in [0.15, 0.2) is 0 Å². The maximum atomic E-state index is 12.8. The van der Waals surface area contributed by atoms with Gasteiger partial charge in [-0.25, -0.2) is 4.79 Å². The number of likely N-dealkylation sites (tertiary alicyclic amines) is 2. The van der Waals surface area contributed by atoms with Crippen molar-refractivity contribution in [2.75, 3.05) is 59.1 Å². The van der Waals surface area contributed by atoms with Crippen LogP contribution >= 0.6 is 0 Å². The van der Waals surface area contributed by atoms with Crippen LogP contribution in [0, 0.1) is 23.2 Å². The summed E-state index contributed by atoms with van der Waals surface area (Å²) in [7, 11) is 0. The SMILES string of the molecule is CCOC(=O)N1CCC2(CC(N3C[C@@H]4[C@H](C3)[C@@H]4C(=O)N3CCCOCC3)C2)C1. The Morgan fingerprint density at radius 1 is 1.07 bits per heavy atom. The van der Waals surface area contributed by atoms with E-state index in [-0.39, 0.29) is 12.0 Å². The maximum absolute atomic E-state index is 12.8. The number of nitrogens with zero attached hydrogens (tertiary/aromatic N) is 3. The Labute approximate surface area is 167 Å². The third-order valence-corrected chi connectivity index (χ3v) is 7.86. The van der Waals surface area contributed by atoms with Crippen molar-refractivity contribution >= 4 is 12.0 Å². The molecule has 0 N–H and O–H groups in total. The van der Waals surface area contributed by atoms with E-state index in [1.165, 1.54) is 12.8 Å². The Morgan fingerprint density at radius 3 is 2.61 bits per heavy atom. The van der Waals surface area contributed by atoms with Gasteiger partial charge in [0, 0.05) is 57.8 Å². The molecule has 3 heterocycles. The van der Waals surface area contributed by atoms with Gasteiger partial charge in [0.2, 0.25) is 5.91 Å². The van der Waals surface area contributed by atoms with Gasteiger partial charge in [-0.1, -0.05) is 0 Å². The van der Waals surface area contributed by atoms with Gasteiger partial charge in [-0.15, -0.1) is 0 Å². The van der Waals surface area contributed by atoms with Crippen LogP contribution in [-0.4, -0.2) is 91.8 Å². The van der Waals surface area contributed by atoms with Gasteiger partial charge in [0.15, 0.2) is 0 Å². The fourth-order valence-corrected chi connectivity index (χ4v) is 6.24. The lowest BCUT2D eigenvalue weighted by molar-refractivity contribution is -0.133. The molecule has 2 saturated carbocycles. The Bertz CT molecular complexity index is 615. The largest absolute Gasteiger partial charge is 0.450 e. The van der Waals surface area contributed by atoms with E-state index in [0.717, 1.165) is 58.7 Å². The van der Waals surface area contributed by atoms with E-state index in [2.05, 4.69) is 4.90 Å². The summed E-state index contributed by atoms with van der Waals surface area (Å²) in [4.78, 5) is 31.4. The second-order valence-corrected chi connectivity index (χ2v) is 9.53. The average molecular weight is 392 g/mol. The van der Waals surface area contributed by atoms with Crippen LogP contribution in [0.2, 0.25) is 0 Å². The Morgan fingerprint density at radius 2 is 1.86 bits per heavy atom. The molecule has 0 unspecified atom stereocenters. The van der Waals surface area contributed by atoms with Crippen molar-refractivity contribution in [1.82, 2.24) is 14.7 Å². The van der Waals surface area contributed by atoms with Crippen molar-refractivity contribution in [1.29, 1.82) is 0 Å². The standard InChI is InChI=1S/C21H33N3O4/c1-2-28-20(26)23-6-4-21(14-23)10-15(11-21)24-12-16-17(13-24)18(16)19(25)22-5-3-8-27-9-7-22/h15-18H,2-14H2,1H3/t15?,16-,17+,18-,21?. The van der Waals surface area contributed by atoms with Crippen LogP contribution in [0.3, 0.4) is 0 Å². The number of hydrogen-bond donors (Lipinski definition) is 0. The third kappa shape index (κ3) is 3.20. The molecule has 0 aromatic carbocycles. The van der Waals surface area contributed by atoms with Gasteiger partial charge in [-0.2, -0.15) is 0 Å². The minimum Gasteiger partial charge on any atom is -0.450 e. The molecular formula is C21H33N3O4. The lowest BCUT2D eigenvalue weighted by atomic mass is 9.64. The Balaban J connectivity index is 1.08. The number of amides is 2. The molecule has 5 aliphatic rings. The van der Waals surface area contributed by atoms with E-state index in [1.54, 1.807) is 0 Å². The zero-order valence-corrected chi connectivity index (χ0v) is 17.0. The molecule has 0 bridgehead atoms. The monoisotopic (exact) mass is 391 g/mol. The molecule has 2 aliphatic carbocycles. The van der Waals surface area contributed by atoms with Gasteiger partial charge in [0.05, 0.1) is 13.2 Å². The van der Waals surface area contributed by atoms with Crippen LogP contribution in [0.4, 0.5) is 4.79 Å². The number of piperidine rings is 1. The fourth-order valence-electron chi connectivity index (χ4n) is 6.24. The molecule has 5 fully saturated rings. The minimum absolute atomic E-state index is 0.148. The summed E-state index contributed by atoms with van der Waals surface area (Å²) in [6.07, 6.45) is 4.33. The van der Waals surface area contributed by atoms with Gasteiger partial charge in [0.25, 0.3) is 0 Å². The number of rotatable bonds is 3. The van der Waals surface area contributed by atoms with Crippen LogP contribution < -0.4 is 0 Å². The van der Waals surface area contributed by atoms with Gasteiger partial charge in [0.1, 0.15) is 0 Å². The highest BCUT2D eigenvalue weighted by Crippen LogP contribution is 2.57. The molecule has 3 aliphatic heterocycles. The molecule has 3 atom stereocenters. The maximum Gasteiger partial charge on any atom is 0.409 e. The molecule has 7 heteroatoms. The molecular weight excluding hydrogens is 358 g/mol. The molecule has 156 valence electrons. The van der Waals surface area contributed by atoms with E-state index in [9.17, 15) is 9.59 Å². The second-order valence-electron chi connectivity index (χ2n) is 9.53. The van der Waals surface area contributed by atoms with Crippen molar-refractivity contribution in [3.8, 4) is 0 Å². The van der Waals surface area contributed by atoms with Crippen LogP contribution in [0.5, 0.6) is 0 Å². The predicted octanol–water partition coefficient (Wildman–Crippen LogP) is 1.42. The van der Waals surface area contributed by atoms with Crippen LogP contribution in [0.1, 0.15) is 32.6 Å². The first-order valence-corrected chi connectivity index (χ1v) is 11.1. The zero-order chi connectivity index (χ0) is 19.3. The molecule has 0 aromatic heterocycles. The van der Waals surface area contributed by atoms with Crippen molar-refractivity contribution in [2.24, 2.45) is 23.2 Å². The summed E-state index contributed by atoms with van der Waals surface area (Å²) in [5.41, 5.74) is 0.325. The number of fused-ring (bicyclic) bond motifs is 1. The Hall–Kier alpha value is -1.34. The molecule has 28 heavy (non-hydrogen) atoms. The molecule has 0 aromatic rings. The lowest BCUT2D eigenvalue weighted by Crippen LogP contribution is -2.52. The summed E-state index contributed by atoms with van der Waals surface area (Å²) in [6.45, 7) is 9.29. The highest BCUT2D eigenvalue weighted by molar-refractivity contribution is 5.82. The minimum atomic E-state index is -0.148. The van der Waals surface area contributed by atoms with E-state index in [0.29, 0.717) is 42.4 Å². The summed E-state index contributed by atoms with van der Waals surface area (Å²) in [5, 5.41) is 0. The third-order valence-electron chi connectivity index (χ3n) is 7.86. The lowest BCUT2D eigenvalue weighted by Gasteiger charge is -2.49. The number of hydrogen-bond acceptors (Lipinski definition) is 5. The van der Waals surface area contributed by atoms with Crippen molar-refractivity contribution in [3.05, 3.63) is 0 Å². The van der Waals surface area contributed by atoms with Crippen molar-refractivity contribution < 1.29 is 19.1 Å². The normalized spacial score (nSPS) is 40.2. The van der Waals surface area contributed by atoms with E-state index < -0.39 is 0 Å². The Kier molecular flexibility index (Phi) is 4.78. The molecule has 7 nitrogen and oxygen atoms in total. The summed E-state index contributed by atoms with van der Waals surface area (Å²) in [6, 6.07) is 0.650. The summed E-state index contributed by atoms with van der Waals surface area (Å²) >= 11 is 0. The topological polar surface area (TPSA) is 62.3 Å². The zero-order valence-electron chi connectivity index (χ0n) is 17.0. The number of carbonyl (C=O) groups excluding carboxylic acids is 2. The molecule has 0 radical (unpaired) electrons. The fraction of sp³-hybridized carbons (Fsp3) is 0.905. The molecule has 5 rings (SSSR count). The average Bonchev–Trinajstić information content (AvgIpc) is 2.99. The van der Waals surface area contributed by atoms with Gasteiger partial charge < -0.3 is 19.3 Å². The first kappa shape index (κ1) is 18.7. The number of carbonyl (C=O) groups is 2. The highest BCUT2D eigenvalue weighted by Gasteiger charge is 2.62. The van der Waals surface area contributed by atoms with E-state index in [1.807, 2.05) is 16.7 Å². The van der Waals surface area contributed by atoms with Crippen molar-refractivity contribution in [3.63, 3.8) is 0 Å². The first-order chi connectivity index (χ1) is 13.6. The van der Waals surface area contributed by atoms with Gasteiger partial charge in [-0.05, 0) is 49.9 Å². The molecule has 3 saturated heterocycles. The van der Waals surface area contributed by atoms with Crippen LogP contribution in [0.25, 0.3) is 0 Å². The summed E-state index contributed by atoms with van der Waals surface area (Å²) < 4.78 is 10.6. The number of ether oxygens (including phenoxy) is 2. The quantitative estimate of drug-likeness (QED) is 0.728. The van der Waals surface area contributed by atoms with E-state index >= 15 is 0 Å². The second kappa shape index (κ2) is 7.17. The highest BCUT2D eigenvalue weighted by atomic mass is 16.6. The molecule has 2 amide bonds.